The third-order valence-corrected chi connectivity index (χ3v) is 2.80. The van der Waals surface area contributed by atoms with Gasteiger partial charge in [-0.15, -0.1) is 0 Å². The molecule has 0 aliphatic heterocycles. The second kappa shape index (κ2) is 4.85. The van der Waals surface area contributed by atoms with Crippen LogP contribution < -0.4 is 9.47 Å². The lowest BCUT2D eigenvalue weighted by molar-refractivity contribution is 0.355. The van der Waals surface area contributed by atoms with Crippen molar-refractivity contribution in [2.75, 3.05) is 14.2 Å². The Kier molecular flexibility index (Phi) is 3.45. The highest BCUT2D eigenvalue weighted by molar-refractivity contribution is 6.35. The summed E-state index contributed by atoms with van der Waals surface area (Å²) >= 11 is 11.9. The minimum absolute atomic E-state index is 0.200. The smallest absolute Gasteiger partial charge is 0.226 e. The average molecular weight is 274 g/mol. The van der Waals surface area contributed by atoms with Gasteiger partial charge in [-0.25, -0.2) is 0 Å². The molecule has 0 radical (unpaired) electrons. The number of hydrogen-bond acceptors (Lipinski definition) is 4. The van der Waals surface area contributed by atoms with Gasteiger partial charge in [0.05, 0.1) is 19.2 Å². The van der Waals surface area contributed by atoms with E-state index >= 15 is 0 Å². The Balaban J connectivity index is 2.56. The van der Waals surface area contributed by atoms with Gasteiger partial charge in [0, 0.05) is 11.6 Å². The lowest BCUT2D eigenvalue weighted by Gasteiger charge is -2.11. The molecule has 0 N–H and O–H groups in total. The number of methoxy groups -OCH3 is 2. The SMILES string of the molecule is COc1ccc(-c2cc(Cl)on2)c(Cl)c1OC. The van der Waals surface area contributed by atoms with Crippen LogP contribution in [0.5, 0.6) is 11.5 Å². The summed E-state index contributed by atoms with van der Waals surface area (Å²) in [6, 6.07) is 5.08. The van der Waals surface area contributed by atoms with Crippen molar-refractivity contribution in [3.63, 3.8) is 0 Å². The Bertz CT molecular complexity index is 540. The Morgan fingerprint density at radius 2 is 1.94 bits per heavy atom. The molecule has 6 heteroatoms. The zero-order chi connectivity index (χ0) is 12.4. The van der Waals surface area contributed by atoms with Crippen molar-refractivity contribution in [3.05, 3.63) is 28.4 Å². The van der Waals surface area contributed by atoms with Crippen LogP contribution in [0.2, 0.25) is 10.2 Å². The van der Waals surface area contributed by atoms with E-state index in [1.165, 1.54) is 7.11 Å². The van der Waals surface area contributed by atoms with Gasteiger partial charge < -0.3 is 14.0 Å². The first-order chi connectivity index (χ1) is 8.17. The maximum absolute atomic E-state index is 6.21. The lowest BCUT2D eigenvalue weighted by Crippen LogP contribution is -1.92. The summed E-state index contributed by atoms with van der Waals surface area (Å²) in [7, 11) is 3.06. The molecule has 1 aromatic heterocycles. The molecule has 90 valence electrons. The monoisotopic (exact) mass is 273 g/mol. The van der Waals surface area contributed by atoms with Gasteiger partial charge in [-0.3, -0.25) is 0 Å². The first-order valence-corrected chi connectivity index (χ1v) is 5.46. The van der Waals surface area contributed by atoms with Crippen LogP contribution in [0.1, 0.15) is 0 Å². The maximum atomic E-state index is 6.21. The molecular formula is C11H9Cl2NO3. The predicted molar refractivity (Wildman–Crippen MR) is 65.1 cm³/mol. The number of rotatable bonds is 3. The molecule has 1 aromatic carbocycles. The van der Waals surface area contributed by atoms with Crippen LogP contribution in [0.15, 0.2) is 22.7 Å². The number of hydrogen-bond donors (Lipinski definition) is 0. The predicted octanol–water partition coefficient (Wildman–Crippen LogP) is 3.67. The molecule has 2 aromatic rings. The van der Waals surface area contributed by atoms with E-state index in [4.69, 9.17) is 37.2 Å². The van der Waals surface area contributed by atoms with E-state index in [-0.39, 0.29) is 5.22 Å². The van der Waals surface area contributed by atoms with Crippen LogP contribution in [0.3, 0.4) is 0 Å². The van der Waals surface area contributed by atoms with Gasteiger partial charge in [-0.05, 0) is 23.7 Å². The fourth-order valence-corrected chi connectivity index (χ4v) is 1.93. The Labute approximate surface area is 108 Å². The molecule has 0 bridgehead atoms. The van der Waals surface area contributed by atoms with Crippen LogP contribution >= 0.6 is 23.2 Å². The Morgan fingerprint density at radius 3 is 2.47 bits per heavy atom. The minimum atomic E-state index is 0.200. The highest BCUT2D eigenvalue weighted by Gasteiger charge is 2.16. The lowest BCUT2D eigenvalue weighted by atomic mass is 10.1. The molecule has 0 saturated carbocycles. The number of nitrogens with zero attached hydrogens (tertiary/aromatic N) is 1. The van der Waals surface area contributed by atoms with E-state index in [2.05, 4.69) is 5.16 Å². The zero-order valence-corrected chi connectivity index (χ0v) is 10.7. The molecule has 2 rings (SSSR count). The van der Waals surface area contributed by atoms with Crippen LogP contribution in [-0.4, -0.2) is 19.4 Å². The number of halogens is 2. The van der Waals surface area contributed by atoms with Gasteiger partial charge >= 0.3 is 0 Å². The van der Waals surface area contributed by atoms with E-state index < -0.39 is 0 Å². The second-order valence-electron chi connectivity index (χ2n) is 3.18. The van der Waals surface area contributed by atoms with E-state index in [1.54, 1.807) is 25.3 Å². The quantitative estimate of drug-likeness (QED) is 0.856. The second-order valence-corrected chi connectivity index (χ2v) is 3.93. The maximum Gasteiger partial charge on any atom is 0.226 e. The molecule has 1 heterocycles. The molecule has 0 fully saturated rings. The third-order valence-electron chi connectivity index (χ3n) is 2.24. The Morgan fingerprint density at radius 1 is 1.18 bits per heavy atom. The van der Waals surface area contributed by atoms with Crippen LogP contribution in [-0.2, 0) is 0 Å². The van der Waals surface area contributed by atoms with Crippen molar-refractivity contribution in [3.8, 4) is 22.8 Å². The van der Waals surface area contributed by atoms with Crippen molar-refractivity contribution in [1.82, 2.24) is 5.16 Å². The molecule has 0 aliphatic carbocycles. The summed E-state index contributed by atoms with van der Waals surface area (Å²) in [5.41, 5.74) is 1.21. The highest BCUT2D eigenvalue weighted by atomic mass is 35.5. The first-order valence-electron chi connectivity index (χ1n) is 4.70. The van der Waals surface area contributed by atoms with Crippen LogP contribution in [0, 0.1) is 0 Å². The summed E-state index contributed by atoms with van der Waals surface area (Å²) < 4.78 is 15.1. The van der Waals surface area contributed by atoms with Gasteiger partial charge in [0.15, 0.2) is 11.5 Å². The summed E-state index contributed by atoms with van der Waals surface area (Å²) in [4.78, 5) is 0. The zero-order valence-electron chi connectivity index (χ0n) is 9.16. The van der Waals surface area contributed by atoms with Crippen molar-refractivity contribution >= 4 is 23.2 Å². The molecule has 4 nitrogen and oxygen atoms in total. The largest absolute Gasteiger partial charge is 0.493 e. The third kappa shape index (κ3) is 2.18. The Hall–Kier alpha value is -1.39. The summed E-state index contributed by atoms with van der Waals surface area (Å²) in [5, 5.41) is 4.39. The van der Waals surface area contributed by atoms with Crippen molar-refractivity contribution in [1.29, 1.82) is 0 Å². The fourth-order valence-electron chi connectivity index (χ4n) is 1.47. The highest BCUT2D eigenvalue weighted by Crippen LogP contribution is 2.41. The normalized spacial score (nSPS) is 10.4. The minimum Gasteiger partial charge on any atom is -0.493 e. The van der Waals surface area contributed by atoms with Crippen molar-refractivity contribution < 1.29 is 14.0 Å². The first kappa shape index (κ1) is 12.1. The number of aromatic nitrogens is 1. The summed E-state index contributed by atoms with van der Waals surface area (Å²) in [6.07, 6.45) is 0. The average Bonchev–Trinajstić information content (AvgIpc) is 2.75. The number of benzene rings is 1. The van der Waals surface area contributed by atoms with Gasteiger partial charge in [0.2, 0.25) is 5.22 Å². The van der Waals surface area contributed by atoms with Gasteiger partial charge in [0.25, 0.3) is 0 Å². The van der Waals surface area contributed by atoms with E-state index in [0.29, 0.717) is 27.8 Å². The molecule has 0 saturated heterocycles. The summed E-state index contributed by atoms with van der Waals surface area (Å²) in [5.74, 6) is 1.00. The summed E-state index contributed by atoms with van der Waals surface area (Å²) in [6.45, 7) is 0. The molecule has 0 spiro atoms. The molecular weight excluding hydrogens is 265 g/mol. The topological polar surface area (TPSA) is 44.5 Å². The molecule has 0 aliphatic rings. The molecule has 0 atom stereocenters. The van der Waals surface area contributed by atoms with Crippen molar-refractivity contribution in [2.45, 2.75) is 0 Å². The number of ether oxygens (including phenoxy) is 2. The van der Waals surface area contributed by atoms with E-state index in [0.717, 1.165) is 0 Å². The van der Waals surface area contributed by atoms with Crippen LogP contribution in [0.25, 0.3) is 11.3 Å². The van der Waals surface area contributed by atoms with Gasteiger partial charge in [-0.1, -0.05) is 16.8 Å². The molecule has 17 heavy (non-hydrogen) atoms. The van der Waals surface area contributed by atoms with Crippen molar-refractivity contribution in [2.24, 2.45) is 0 Å². The van der Waals surface area contributed by atoms with E-state index in [1.807, 2.05) is 0 Å². The van der Waals surface area contributed by atoms with E-state index in [9.17, 15) is 0 Å². The van der Waals surface area contributed by atoms with Gasteiger partial charge in [-0.2, -0.15) is 0 Å². The van der Waals surface area contributed by atoms with Gasteiger partial charge in [0.1, 0.15) is 5.69 Å². The molecule has 0 unspecified atom stereocenters. The standard InChI is InChI=1S/C11H9Cl2NO3/c1-15-8-4-3-6(10(13)11(8)16-2)7-5-9(12)17-14-7/h3-5H,1-2H3. The fraction of sp³-hybridized carbons (Fsp3) is 0.182. The molecule has 0 amide bonds. The van der Waals surface area contributed by atoms with Crippen LogP contribution in [0.4, 0.5) is 0 Å².